The lowest BCUT2D eigenvalue weighted by atomic mass is 10.2. The van der Waals surface area contributed by atoms with Crippen molar-refractivity contribution in [1.29, 1.82) is 5.26 Å². The third kappa shape index (κ3) is 0.876. The van der Waals surface area contributed by atoms with E-state index >= 15 is 0 Å². The Labute approximate surface area is 70.7 Å². The summed E-state index contributed by atoms with van der Waals surface area (Å²) in [7, 11) is 1.99. The fourth-order valence-electron chi connectivity index (χ4n) is 1.35. The first-order valence-corrected chi connectivity index (χ1v) is 3.76. The molecule has 0 saturated carbocycles. The van der Waals surface area contributed by atoms with Crippen molar-refractivity contribution in [2.24, 2.45) is 7.05 Å². The highest BCUT2D eigenvalue weighted by Gasteiger charge is 1.97. The van der Waals surface area contributed by atoms with Gasteiger partial charge >= 0.3 is 0 Å². The van der Waals surface area contributed by atoms with Crippen molar-refractivity contribution in [3.63, 3.8) is 0 Å². The van der Waals surface area contributed by atoms with Crippen LogP contribution in [0.15, 0.2) is 30.5 Å². The second kappa shape index (κ2) is 2.38. The van der Waals surface area contributed by atoms with E-state index < -0.39 is 0 Å². The molecule has 1 aromatic heterocycles. The van der Waals surface area contributed by atoms with Gasteiger partial charge in [-0.25, -0.2) is 0 Å². The molecule has 0 unspecified atom stereocenters. The standard InChI is InChI=1S/C10H8N2/c1-12-5-4-9-6-8(7-11)2-3-10(9)12/h2-6H,1H3. The Morgan fingerprint density at radius 3 is 2.92 bits per heavy atom. The molecule has 12 heavy (non-hydrogen) atoms. The quantitative estimate of drug-likeness (QED) is 0.573. The van der Waals surface area contributed by atoms with Crippen molar-refractivity contribution in [2.75, 3.05) is 0 Å². The molecule has 0 spiro atoms. The number of aryl methyl sites for hydroxylation is 1. The van der Waals surface area contributed by atoms with Crippen LogP contribution in [0.25, 0.3) is 10.9 Å². The zero-order valence-corrected chi connectivity index (χ0v) is 6.78. The molecular weight excluding hydrogens is 148 g/mol. The summed E-state index contributed by atoms with van der Waals surface area (Å²) in [6, 6.07) is 9.83. The zero-order valence-electron chi connectivity index (χ0n) is 6.78. The van der Waals surface area contributed by atoms with Crippen LogP contribution in [-0.4, -0.2) is 4.57 Å². The van der Waals surface area contributed by atoms with Crippen molar-refractivity contribution < 1.29 is 0 Å². The Kier molecular flexibility index (Phi) is 1.38. The predicted octanol–water partition coefficient (Wildman–Crippen LogP) is 2.05. The molecule has 0 aliphatic rings. The van der Waals surface area contributed by atoms with Crippen LogP contribution in [0.3, 0.4) is 0 Å². The predicted molar refractivity (Wildman–Crippen MR) is 47.6 cm³/mol. The number of nitrogens with zero attached hydrogens (tertiary/aromatic N) is 2. The third-order valence-corrected chi connectivity index (χ3v) is 2.01. The molecule has 0 aliphatic carbocycles. The molecule has 0 amide bonds. The number of benzene rings is 1. The highest BCUT2D eigenvalue weighted by molar-refractivity contribution is 5.81. The van der Waals surface area contributed by atoms with Gasteiger partial charge in [-0.05, 0) is 24.3 Å². The lowest BCUT2D eigenvalue weighted by Crippen LogP contribution is -1.83. The van der Waals surface area contributed by atoms with Gasteiger partial charge in [-0.3, -0.25) is 0 Å². The molecule has 0 radical (unpaired) electrons. The minimum absolute atomic E-state index is 0.716. The fraction of sp³-hybridized carbons (Fsp3) is 0.100. The molecule has 2 nitrogen and oxygen atoms in total. The van der Waals surface area contributed by atoms with E-state index in [0.29, 0.717) is 5.56 Å². The molecule has 2 heteroatoms. The van der Waals surface area contributed by atoms with Crippen molar-refractivity contribution in [1.82, 2.24) is 4.57 Å². The summed E-state index contributed by atoms with van der Waals surface area (Å²) in [5.41, 5.74) is 1.88. The van der Waals surface area contributed by atoms with E-state index in [4.69, 9.17) is 5.26 Å². The van der Waals surface area contributed by atoms with Crippen molar-refractivity contribution >= 4 is 10.9 Å². The van der Waals surface area contributed by atoms with Gasteiger partial charge in [-0.15, -0.1) is 0 Å². The molecule has 0 saturated heterocycles. The first-order chi connectivity index (χ1) is 5.81. The Morgan fingerprint density at radius 1 is 1.33 bits per heavy atom. The largest absolute Gasteiger partial charge is 0.351 e. The lowest BCUT2D eigenvalue weighted by molar-refractivity contribution is 0.969. The maximum atomic E-state index is 8.65. The first kappa shape index (κ1) is 6.93. The number of nitriles is 1. The van der Waals surface area contributed by atoms with E-state index in [9.17, 15) is 0 Å². The number of fused-ring (bicyclic) bond motifs is 1. The number of hydrogen-bond donors (Lipinski definition) is 0. The van der Waals surface area contributed by atoms with Crippen molar-refractivity contribution in [3.8, 4) is 6.07 Å². The van der Waals surface area contributed by atoms with E-state index in [1.807, 2.05) is 42.1 Å². The van der Waals surface area contributed by atoms with Crippen LogP contribution in [0.1, 0.15) is 5.56 Å². The Morgan fingerprint density at radius 2 is 2.17 bits per heavy atom. The molecule has 0 fully saturated rings. The van der Waals surface area contributed by atoms with Gasteiger partial charge < -0.3 is 4.57 Å². The van der Waals surface area contributed by atoms with Gasteiger partial charge in [0, 0.05) is 24.1 Å². The summed E-state index contributed by atoms with van der Waals surface area (Å²) in [4.78, 5) is 0. The molecule has 1 heterocycles. The normalized spacial score (nSPS) is 10.0. The van der Waals surface area contributed by atoms with E-state index in [0.717, 1.165) is 10.9 Å². The molecule has 2 rings (SSSR count). The van der Waals surface area contributed by atoms with E-state index in [1.165, 1.54) is 0 Å². The monoisotopic (exact) mass is 156 g/mol. The van der Waals surface area contributed by atoms with Gasteiger partial charge in [0.25, 0.3) is 0 Å². The molecule has 0 aliphatic heterocycles. The van der Waals surface area contributed by atoms with Gasteiger partial charge in [0.15, 0.2) is 0 Å². The maximum Gasteiger partial charge on any atom is 0.0991 e. The molecule has 2 aromatic rings. The fourth-order valence-corrected chi connectivity index (χ4v) is 1.35. The smallest absolute Gasteiger partial charge is 0.0991 e. The Bertz CT molecular complexity index is 460. The third-order valence-electron chi connectivity index (χ3n) is 2.01. The summed E-state index contributed by atoms with van der Waals surface area (Å²) < 4.78 is 2.04. The highest BCUT2D eigenvalue weighted by Crippen LogP contribution is 2.15. The van der Waals surface area contributed by atoms with E-state index in [2.05, 4.69) is 6.07 Å². The molecule has 58 valence electrons. The van der Waals surface area contributed by atoms with Crippen molar-refractivity contribution in [2.45, 2.75) is 0 Å². The van der Waals surface area contributed by atoms with Crippen LogP contribution >= 0.6 is 0 Å². The second-order valence-corrected chi connectivity index (χ2v) is 2.81. The minimum atomic E-state index is 0.716. The van der Waals surface area contributed by atoms with E-state index in [1.54, 1.807) is 0 Å². The lowest BCUT2D eigenvalue weighted by Gasteiger charge is -1.94. The van der Waals surface area contributed by atoms with E-state index in [-0.39, 0.29) is 0 Å². The molecule has 0 atom stereocenters. The van der Waals surface area contributed by atoms with Gasteiger partial charge in [-0.2, -0.15) is 5.26 Å². The number of aromatic nitrogens is 1. The number of hydrogen-bond acceptors (Lipinski definition) is 1. The molecule has 0 N–H and O–H groups in total. The molecular formula is C10H8N2. The SMILES string of the molecule is Cn1ccc2cc(C#N)ccc21. The summed E-state index contributed by atoms with van der Waals surface area (Å²) in [6.45, 7) is 0. The van der Waals surface area contributed by atoms with Crippen LogP contribution in [0.4, 0.5) is 0 Å². The first-order valence-electron chi connectivity index (χ1n) is 3.76. The van der Waals surface area contributed by atoms with Crippen LogP contribution in [0.5, 0.6) is 0 Å². The molecule has 0 bridgehead atoms. The average Bonchev–Trinajstić information content (AvgIpc) is 2.47. The van der Waals surface area contributed by atoms with Gasteiger partial charge in [0.2, 0.25) is 0 Å². The minimum Gasteiger partial charge on any atom is -0.351 e. The van der Waals surface area contributed by atoms with Gasteiger partial charge in [0.05, 0.1) is 11.6 Å². The van der Waals surface area contributed by atoms with Gasteiger partial charge in [-0.1, -0.05) is 0 Å². The molecule has 1 aromatic carbocycles. The van der Waals surface area contributed by atoms with Crippen LogP contribution < -0.4 is 0 Å². The highest BCUT2D eigenvalue weighted by atomic mass is 14.9. The Balaban J connectivity index is 2.80. The van der Waals surface area contributed by atoms with Crippen LogP contribution in [0.2, 0.25) is 0 Å². The van der Waals surface area contributed by atoms with Gasteiger partial charge in [0.1, 0.15) is 0 Å². The number of rotatable bonds is 0. The van der Waals surface area contributed by atoms with Crippen molar-refractivity contribution in [3.05, 3.63) is 36.0 Å². The summed E-state index contributed by atoms with van der Waals surface area (Å²) in [5.74, 6) is 0. The summed E-state index contributed by atoms with van der Waals surface area (Å²) in [5, 5.41) is 9.77. The van der Waals surface area contributed by atoms with Crippen LogP contribution in [0, 0.1) is 11.3 Å². The Hall–Kier alpha value is -1.75. The summed E-state index contributed by atoms with van der Waals surface area (Å²) in [6.07, 6.45) is 1.99. The zero-order chi connectivity index (χ0) is 8.55. The van der Waals surface area contributed by atoms with Crippen LogP contribution in [-0.2, 0) is 7.05 Å². The average molecular weight is 156 g/mol. The summed E-state index contributed by atoms with van der Waals surface area (Å²) >= 11 is 0. The second-order valence-electron chi connectivity index (χ2n) is 2.81. The maximum absolute atomic E-state index is 8.65. The topological polar surface area (TPSA) is 28.7 Å².